The third kappa shape index (κ3) is 1.70. The molecule has 90 valence electrons. The van der Waals surface area contributed by atoms with Gasteiger partial charge in [-0.05, 0) is 17.7 Å². The number of halogens is 2. The van der Waals surface area contributed by atoms with Gasteiger partial charge in [0.1, 0.15) is 11.2 Å². The van der Waals surface area contributed by atoms with Crippen LogP contribution in [0.1, 0.15) is 0 Å². The zero-order valence-corrected chi connectivity index (χ0v) is 10.1. The molecule has 7 heteroatoms. The van der Waals surface area contributed by atoms with E-state index in [1.807, 2.05) is 7.05 Å². The van der Waals surface area contributed by atoms with Crippen LogP contribution in [0.15, 0.2) is 24.8 Å². The zero-order valence-electron chi connectivity index (χ0n) is 9.30. The summed E-state index contributed by atoms with van der Waals surface area (Å²) in [5.41, 5.74) is 2.03. The zero-order chi connectivity index (χ0) is 12.7. The third-order valence-electron chi connectivity index (χ3n) is 2.54. The van der Waals surface area contributed by atoms with Gasteiger partial charge < -0.3 is 4.57 Å². The van der Waals surface area contributed by atoms with Crippen LogP contribution in [0.25, 0.3) is 22.4 Å². The van der Waals surface area contributed by atoms with Crippen LogP contribution in [0.3, 0.4) is 0 Å². The molecule has 18 heavy (non-hydrogen) atoms. The SMILES string of the molecule is Cn1cnc2cc(-c3nc(Cl)ncc3F)cnc21. The number of imidazole rings is 1. The van der Waals surface area contributed by atoms with Gasteiger partial charge in [0.2, 0.25) is 5.28 Å². The summed E-state index contributed by atoms with van der Waals surface area (Å²) in [6.45, 7) is 0. The van der Waals surface area contributed by atoms with Crippen molar-refractivity contribution in [3.05, 3.63) is 35.9 Å². The average molecular weight is 264 g/mol. The Bertz CT molecular complexity index is 739. The highest BCUT2D eigenvalue weighted by Crippen LogP contribution is 2.23. The molecule has 0 aliphatic rings. The number of aryl methyl sites for hydroxylation is 1. The van der Waals surface area contributed by atoms with Crippen molar-refractivity contribution in [2.75, 3.05) is 0 Å². The monoisotopic (exact) mass is 263 g/mol. The van der Waals surface area contributed by atoms with Crippen molar-refractivity contribution >= 4 is 22.8 Å². The number of hydrogen-bond acceptors (Lipinski definition) is 4. The summed E-state index contributed by atoms with van der Waals surface area (Å²) in [5, 5.41) is -0.00693. The van der Waals surface area contributed by atoms with Gasteiger partial charge in [0.25, 0.3) is 0 Å². The normalized spacial score (nSPS) is 11.1. The standard InChI is InChI=1S/C11H7ClFN5/c1-18-5-16-8-2-6(3-14-10(8)18)9-7(13)4-15-11(12)17-9/h2-5H,1H3. The lowest BCUT2D eigenvalue weighted by Crippen LogP contribution is -1.94. The van der Waals surface area contributed by atoms with Crippen molar-refractivity contribution in [3.63, 3.8) is 0 Å². The van der Waals surface area contributed by atoms with Crippen molar-refractivity contribution in [2.45, 2.75) is 0 Å². The summed E-state index contributed by atoms with van der Waals surface area (Å²) >= 11 is 5.66. The van der Waals surface area contributed by atoms with E-state index in [0.29, 0.717) is 11.1 Å². The summed E-state index contributed by atoms with van der Waals surface area (Å²) in [5.74, 6) is -0.545. The lowest BCUT2D eigenvalue weighted by Gasteiger charge is -2.02. The topological polar surface area (TPSA) is 56.5 Å². The molecular weight excluding hydrogens is 257 g/mol. The Morgan fingerprint density at radius 2 is 2.06 bits per heavy atom. The maximum absolute atomic E-state index is 13.6. The Kier molecular flexibility index (Phi) is 2.45. The molecule has 0 unspecified atom stereocenters. The molecule has 0 radical (unpaired) electrons. The summed E-state index contributed by atoms with van der Waals surface area (Å²) in [6.07, 6.45) is 4.21. The highest BCUT2D eigenvalue weighted by molar-refractivity contribution is 6.28. The second-order valence-corrected chi connectivity index (χ2v) is 4.10. The first-order valence-corrected chi connectivity index (χ1v) is 5.48. The Morgan fingerprint density at radius 3 is 2.89 bits per heavy atom. The molecule has 0 aliphatic carbocycles. The van der Waals surface area contributed by atoms with E-state index in [4.69, 9.17) is 11.6 Å². The van der Waals surface area contributed by atoms with Gasteiger partial charge >= 0.3 is 0 Å². The Balaban J connectivity index is 2.22. The van der Waals surface area contributed by atoms with Crippen LogP contribution in [0.2, 0.25) is 5.28 Å². The van der Waals surface area contributed by atoms with Gasteiger partial charge in [-0.15, -0.1) is 0 Å². The lowest BCUT2D eigenvalue weighted by molar-refractivity contribution is 0.618. The number of hydrogen-bond donors (Lipinski definition) is 0. The van der Waals surface area contributed by atoms with Crippen LogP contribution in [-0.2, 0) is 7.05 Å². The van der Waals surface area contributed by atoms with Crippen LogP contribution in [0, 0.1) is 5.82 Å². The van der Waals surface area contributed by atoms with E-state index in [9.17, 15) is 4.39 Å². The molecule has 3 aromatic rings. The van der Waals surface area contributed by atoms with Crippen molar-refractivity contribution in [2.24, 2.45) is 7.05 Å². The maximum atomic E-state index is 13.6. The molecular formula is C11H7ClFN5. The minimum atomic E-state index is -0.545. The van der Waals surface area contributed by atoms with Gasteiger partial charge in [0, 0.05) is 18.8 Å². The molecule has 0 fully saturated rings. The Morgan fingerprint density at radius 1 is 1.22 bits per heavy atom. The van der Waals surface area contributed by atoms with Gasteiger partial charge in [0.05, 0.1) is 12.5 Å². The quantitative estimate of drug-likeness (QED) is 0.632. The smallest absolute Gasteiger partial charge is 0.223 e. The van der Waals surface area contributed by atoms with Gasteiger partial charge in [-0.3, -0.25) is 0 Å². The first kappa shape index (κ1) is 11.0. The molecule has 0 amide bonds. The maximum Gasteiger partial charge on any atom is 0.223 e. The average Bonchev–Trinajstić information content (AvgIpc) is 2.74. The first-order valence-electron chi connectivity index (χ1n) is 5.10. The van der Waals surface area contributed by atoms with Crippen molar-refractivity contribution in [1.82, 2.24) is 24.5 Å². The highest BCUT2D eigenvalue weighted by atomic mass is 35.5. The molecule has 0 aromatic carbocycles. The van der Waals surface area contributed by atoms with Crippen LogP contribution in [0.5, 0.6) is 0 Å². The van der Waals surface area contributed by atoms with E-state index in [1.165, 1.54) is 6.20 Å². The minimum Gasteiger partial charge on any atom is -0.318 e. The number of nitrogens with zero attached hydrogens (tertiary/aromatic N) is 5. The molecule has 0 aliphatic heterocycles. The molecule has 0 bridgehead atoms. The van der Waals surface area contributed by atoms with Gasteiger partial charge in [0.15, 0.2) is 11.5 Å². The molecule has 3 heterocycles. The van der Waals surface area contributed by atoms with E-state index in [0.717, 1.165) is 11.8 Å². The predicted octanol–water partition coefficient (Wildman–Crippen LogP) is 2.22. The summed E-state index contributed by atoms with van der Waals surface area (Å²) < 4.78 is 15.4. The van der Waals surface area contributed by atoms with Gasteiger partial charge in [-0.25, -0.2) is 24.3 Å². The van der Waals surface area contributed by atoms with Crippen molar-refractivity contribution in [1.29, 1.82) is 0 Å². The number of aromatic nitrogens is 5. The molecule has 0 atom stereocenters. The number of fused-ring (bicyclic) bond motifs is 1. The van der Waals surface area contributed by atoms with E-state index in [2.05, 4.69) is 19.9 Å². The Labute approximate surface area is 106 Å². The minimum absolute atomic E-state index is 0.00693. The fourth-order valence-electron chi connectivity index (χ4n) is 1.69. The number of pyridine rings is 1. The molecule has 0 spiro atoms. The Hall–Kier alpha value is -2.08. The molecule has 0 saturated heterocycles. The summed E-state index contributed by atoms with van der Waals surface area (Å²) in [7, 11) is 1.84. The third-order valence-corrected chi connectivity index (χ3v) is 2.72. The fraction of sp³-hybridized carbons (Fsp3) is 0.0909. The van der Waals surface area contributed by atoms with Crippen LogP contribution in [-0.4, -0.2) is 24.5 Å². The van der Waals surface area contributed by atoms with Crippen LogP contribution in [0.4, 0.5) is 4.39 Å². The van der Waals surface area contributed by atoms with E-state index < -0.39 is 5.82 Å². The van der Waals surface area contributed by atoms with Crippen LogP contribution >= 0.6 is 11.6 Å². The first-order chi connectivity index (χ1) is 8.65. The molecule has 0 saturated carbocycles. The van der Waals surface area contributed by atoms with E-state index in [1.54, 1.807) is 17.0 Å². The van der Waals surface area contributed by atoms with E-state index in [-0.39, 0.29) is 11.0 Å². The molecule has 3 rings (SSSR count). The highest BCUT2D eigenvalue weighted by Gasteiger charge is 2.11. The lowest BCUT2D eigenvalue weighted by atomic mass is 10.2. The van der Waals surface area contributed by atoms with Crippen molar-refractivity contribution in [3.8, 4) is 11.3 Å². The summed E-state index contributed by atoms with van der Waals surface area (Å²) in [6, 6.07) is 1.71. The van der Waals surface area contributed by atoms with Gasteiger partial charge in [-0.1, -0.05) is 0 Å². The van der Waals surface area contributed by atoms with Crippen LogP contribution < -0.4 is 0 Å². The largest absolute Gasteiger partial charge is 0.318 e. The predicted molar refractivity (Wildman–Crippen MR) is 64.5 cm³/mol. The van der Waals surface area contributed by atoms with Crippen molar-refractivity contribution < 1.29 is 4.39 Å². The molecule has 0 N–H and O–H groups in total. The second-order valence-electron chi connectivity index (χ2n) is 3.76. The molecule has 5 nitrogen and oxygen atoms in total. The summed E-state index contributed by atoms with van der Waals surface area (Å²) in [4.78, 5) is 15.8. The second kappa shape index (κ2) is 3.99. The fourth-order valence-corrected chi connectivity index (χ4v) is 1.83. The molecule has 3 aromatic heterocycles. The number of rotatable bonds is 1. The van der Waals surface area contributed by atoms with E-state index >= 15 is 0 Å². The van der Waals surface area contributed by atoms with Gasteiger partial charge in [-0.2, -0.15) is 0 Å².